The molecule has 2 unspecified atom stereocenters. The summed E-state index contributed by atoms with van der Waals surface area (Å²) in [5.41, 5.74) is 0.835. The van der Waals surface area contributed by atoms with Crippen molar-refractivity contribution in [1.29, 1.82) is 0 Å². The molecular formula is C19H29BrN2O2. The van der Waals surface area contributed by atoms with Gasteiger partial charge in [0.25, 0.3) is 0 Å². The summed E-state index contributed by atoms with van der Waals surface area (Å²) in [7, 11) is 0. The van der Waals surface area contributed by atoms with E-state index in [0.717, 1.165) is 36.9 Å². The highest BCUT2D eigenvalue weighted by Gasteiger charge is 2.27. The Bertz CT molecular complexity index is 557. The van der Waals surface area contributed by atoms with Crippen molar-refractivity contribution in [3.8, 4) is 0 Å². The van der Waals surface area contributed by atoms with E-state index in [2.05, 4.69) is 46.4 Å². The van der Waals surface area contributed by atoms with Gasteiger partial charge in [-0.1, -0.05) is 28.1 Å². The van der Waals surface area contributed by atoms with E-state index in [1.807, 2.05) is 31.7 Å². The highest BCUT2D eigenvalue weighted by atomic mass is 79.9. The van der Waals surface area contributed by atoms with E-state index in [4.69, 9.17) is 4.74 Å². The number of benzene rings is 1. The van der Waals surface area contributed by atoms with Gasteiger partial charge in [-0.25, -0.2) is 4.79 Å². The lowest BCUT2D eigenvalue weighted by Crippen LogP contribution is -2.45. The van der Waals surface area contributed by atoms with Crippen molar-refractivity contribution in [3.05, 3.63) is 34.3 Å². The first-order valence-electron chi connectivity index (χ1n) is 8.71. The van der Waals surface area contributed by atoms with Crippen LogP contribution in [0.3, 0.4) is 0 Å². The first-order chi connectivity index (χ1) is 11.2. The maximum Gasteiger partial charge on any atom is 0.410 e. The van der Waals surface area contributed by atoms with Crippen LogP contribution in [0.1, 0.15) is 52.1 Å². The zero-order valence-corrected chi connectivity index (χ0v) is 16.7. The molecule has 1 aliphatic heterocycles. The summed E-state index contributed by atoms with van der Waals surface area (Å²) in [5.74, 6) is 0.473. The first kappa shape index (κ1) is 19.3. The monoisotopic (exact) mass is 396 g/mol. The van der Waals surface area contributed by atoms with Gasteiger partial charge in [-0.15, -0.1) is 0 Å². The van der Waals surface area contributed by atoms with Crippen LogP contribution in [0, 0.1) is 5.92 Å². The molecule has 134 valence electrons. The minimum atomic E-state index is -0.433. The second kappa shape index (κ2) is 8.34. The Morgan fingerprint density at radius 1 is 1.46 bits per heavy atom. The maximum atomic E-state index is 12.2. The van der Waals surface area contributed by atoms with E-state index in [1.54, 1.807) is 0 Å². The average Bonchev–Trinajstić information content (AvgIpc) is 2.51. The van der Waals surface area contributed by atoms with Gasteiger partial charge < -0.3 is 15.0 Å². The summed E-state index contributed by atoms with van der Waals surface area (Å²) in [6.45, 7) is 10.4. The molecule has 0 spiro atoms. The molecule has 1 aromatic carbocycles. The van der Waals surface area contributed by atoms with E-state index in [1.165, 1.54) is 5.56 Å². The number of ether oxygens (including phenoxy) is 1. The van der Waals surface area contributed by atoms with Crippen LogP contribution >= 0.6 is 15.9 Å². The molecule has 0 aliphatic carbocycles. The molecule has 1 aliphatic rings. The Kier molecular flexibility index (Phi) is 6.70. The number of halogens is 1. The number of hydrogen-bond acceptors (Lipinski definition) is 3. The summed E-state index contributed by atoms with van der Waals surface area (Å²) in [5, 5.41) is 3.60. The molecule has 0 aromatic heterocycles. The summed E-state index contributed by atoms with van der Waals surface area (Å²) >= 11 is 3.52. The van der Waals surface area contributed by atoms with Gasteiger partial charge in [-0.3, -0.25) is 0 Å². The smallest absolute Gasteiger partial charge is 0.410 e. The quantitative estimate of drug-likeness (QED) is 0.798. The van der Waals surface area contributed by atoms with Crippen molar-refractivity contribution >= 4 is 22.0 Å². The van der Waals surface area contributed by atoms with Gasteiger partial charge in [0.1, 0.15) is 5.60 Å². The number of piperidine rings is 1. The summed E-state index contributed by atoms with van der Waals surface area (Å²) < 4.78 is 6.59. The molecule has 2 rings (SSSR count). The number of carbonyl (C=O) groups excluding carboxylic acids is 1. The summed E-state index contributed by atoms with van der Waals surface area (Å²) in [4.78, 5) is 14.1. The molecular weight excluding hydrogens is 368 g/mol. The number of rotatable bonds is 4. The van der Waals surface area contributed by atoms with Crippen molar-refractivity contribution in [1.82, 2.24) is 10.2 Å². The highest BCUT2D eigenvalue weighted by molar-refractivity contribution is 9.10. The highest BCUT2D eigenvalue weighted by Crippen LogP contribution is 2.21. The Labute approximate surface area is 154 Å². The summed E-state index contributed by atoms with van der Waals surface area (Å²) in [6.07, 6.45) is 2.00. The van der Waals surface area contributed by atoms with Crippen LogP contribution in [0.15, 0.2) is 28.7 Å². The van der Waals surface area contributed by atoms with Gasteiger partial charge in [0, 0.05) is 30.1 Å². The lowest BCUT2D eigenvalue weighted by Gasteiger charge is -2.34. The molecule has 0 radical (unpaired) electrons. The minimum absolute atomic E-state index is 0.188. The largest absolute Gasteiger partial charge is 0.444 e. The van der Waals surface area contributed by atoms with Crippen molar-refractivity contribution in [2.45, 2.75) is 52.2 Å². The van der Waals surface area contributed by atoms with Crippen molar-refractivity contribution in [3.63, 3.8) is 0 Å². The average molecular weight is 397 g/mol. The normalized spacial score (nSPS) is 19.9. The molecule has 0 saturated carbocycles. The Hall–Kier alpha value is -1.07. The Morgan fingerprint density at radius 2 is 2.21 bits per heavy atom. The maximum absolute atomic E-state index is 12.2. The van der Waals surface area contributed by atoms with Crippen LogP contribution in [-0.4, -0.2) is 36.2 Å². The standard InChI is InChI=1S/C19H29BrN2O2/c1-14(16-8-5-9-17(20)11-16)21-12-15-7-6-10-22(13-15)18(23)24-19(2,3)4/h5,8-9,11,14-15,21H,6-7,10,12-13H2,1-4H3. The third-order valence-electron chi connectivity index (χ3n) is 4.23. The third-order valence-corrected chi connectivity index (χ3v) is 4.73. The van der Waals surface area contributed by atoms with Gasteiger partial charge in [0.2, 0.25) is 0 Å². The number of carbonyl (C=O) groups is 1. The predicted octanol–water partition coefficient (Wildman–Crippen LogP) is 4.75. The minimum Gasteiger partial charge on any atom is -0.444 e. The second-order valence-corrected chi connectivity index (χ2v) is 8.54. The fraction of sp³-hybridized carbons (Fsp3) is 0.632. The summed E-state index contributed by atoms with van der Waals surface area (Å²) in [6, 6.07) is 8.67. The fourth-order valence-corrected chi connectivity index (χ4v) is 3.38. The van der Waals surface area contributed by atoms with Gasteiger partial charge in [-0.05, 0) is 64.2 Å². The van der Waals surface area contributed by atoms with E-state index in [-0.39, 0.29) is 6.09 Å². The van der Waals surface area contributed by atoms with Crippen LogP contribution in [0.5, 0.6) is 0 Å². The molecule has 1 amide bonds. The Morgan fingerprint density at radius 3 is 2.88 bits per heavy atom. The van der Waals surface area contributed by atoms with Crippen LogP contribution in [0.4, 0.5) is 4.79 Å². The van der Waals surface area contributed by atoms with Gasteiger partial charge in [0.15, 0.2) is 0 Å². The molecule has 1 fully saturated rings. The van der Waals surface area contributed by atoms with Gasteiger partial charge in [0.05, 0.1) is 0 Å². The van der Waals surface area contributed by atoms with Gasteiger partial charge >= 0.3 is 6.09 Å². The lowest BCUT2D eigenvalue weighted by atomic mass is 9.97. The van der Waals surface area contributed by atoms with Crippen LogP contribution in [-0.2, 0) is 4.74 Å². The Balaban J connectivity index is 1.83. The SMILES string of the molecule is CC(NCC1CCCN(C(=O)OC(C)(C)C)C1)c1cccc(Br)c1. The van der Waals surface area contributed by atoms with Crippen LogP contribution < -0.4 is 5.32 Å². The first-order valence-corrected chi connectivity index (χ1v) is 9.50. The molecule has 1 heterocycles. The molecule has 1 N–H and O–H groups in total. The number of likely N-dealkylation sites (tertiary alicyclic amines) is 1. The second-order valence-electron chi connectivity index (χ2n) is 7.62. The molecule has 5 heteroatoms. The van der Waals surface area contributed by atoms with Gasteiger partial charge in [-0.2, -0.15) is 0 Å². The molecule has 1 aromatic rings. The van der Waals surface area contributed by atoms with Crippen LogP contribution in [0.2, 0.25) is 0 Å². The number of nitrogens with one attached hydrogen (secondary N) is 1. The molecule has 1 saturated heterocycles. The molecule has 24 heavy (non-hydrogen) atoms. The van der Waals surface area contributed by atoms with E-state index in [0.29, 0.717) is 12.0 Å². The fourth-order valence-electron chi connectivity index (χ4n) is 2.96. The predicted molar refractivity (Wildman–Crippen MR) is 101 cm³/mol. The lowest BCUT2D eigenvalue weighted by molar-refractivity contribution is 0.0165. The van der Waals surface area contributed by atoms with E-state index >= 15 is 0 Å². The molecule has 0 bridgehead atoms. The molecule has 2 atom stereocenters. The number of amides is 1. The number of hydrogen-bond donors (Lipinski definition) is 1. The van der Waals surface area contributed by atoms with E-state index in [9.17, 15) is 4.79 Å². The van der Waals surface area contributed by atoms with Crippen molar-refractivity contribution in [2.75, 3.05) is 19.6 Å². The van der Waals surface area contributed by atoms with Crippen molar-refractivity contribution < 1.29 is 9.53 Å². The third kappa shape index (κ3) is 6.10. The molecule has 4 nitrogen and oxygen atoms in total. The van der Waals surface area contributed by atoms with Crippen molar-refractivity contribution in [2.24, 2.45) is 5.92 Å². The van der Waals surface area contributed by atoms with E-state index < -0.39 is 5.60 Å². The number of nitrogens with zero attached hydrogens (tertiary/aromatic N) is 1. The van der Waals surface area contributed by atoms with Crippen LogP contribution in [0.25, 0.3) is 0 Å². The zero-order chi connectivity index (χ0) is 17.7. The topological polar surface area (TPSA) is 41.6 Å². The zero-order valence-electron chi connectivity index (χ0n) is 15.1.